The number of carbonyl (C=O) groups is 1. The topological polar surface area (TPSA) is 54.7 Å². The lowest BCUT2D eigenvalue weighted by Crippen LogP contribution is -2.23. The van der Waals surface area contributed by atoms with Crippen molar-refractivity contribution in [1.82, 2.24) is 0 Å². The third-order valence-corrected chi connectivity index (χ3v) is 3.45. The molecule has 1 amide bonds. The van der Waals surface area contributed by atoms with Crippen molar-refractivity contribution in [2.24, 2.45) is 0 Å². The Morgan fingerprint density at radius 3 is 2.81 bits per heavy atom. The zero-order valence-corrected chi connectivity index (χ0v) is 12.0. The lowest BCUT2D eigenvalue weighted by atomic mass is 10.2. The maximum Gasteiger partial charge on any atom is 0.414 e. The maximum absolute atomic E-state index is 11.6. The minimum absolute atomic E-state index is 0.286. The molecule has 1 saturated heterocycles. The molecule has 0 radical (unpaired) electrons. The van der Waals surface area contributed by atoms with E-state index in [1.54, 1.807) is 4.90 Å². The van der Waals surface area contributed by atoms with Crippen molar-refractivity contribution in [2.75, 3.05) is 23.4 Å². The number of nitrogens with one attached hydrogen (secondary N) is 1. The van der Waals surface area contributed by atoms with Gasteiger partial charge in [0.05, 0.1) is 13.1 Å². The highest BCUT2D eigenvalue weighted by atomic mass is 16.6. The van der Waals surface area contributed by atoms with Crippen molar-refractivity contribution >= 4 is 17.5 Å². The van der Waals surface area contributed by atoms with Gasteiger partial charge in [-0.15, -0.1) is 0 Å². The van der Waals surface area contributed by atoms with Crippen LogP contribution in [0.1, 0.15) is 18.4 Å². The summed E-state index contributed by atoms with van der Waals surface area (Å²) < 4.78 is 10.6. The van der Waals surface area contributed by atoms with Gasteiger partial charge >= 0.3 is 6.09 Å². The lowest BCUT2D eigenvalue weighted by Gasteiger charge is -2.14. The van der Waals surface area contributed by atoms with Gasteiger partial charge in [-0.3, -0.25) is 4.90 Å². The molecule has 2 heterocycles. The highest BCUT2D eigenvalue weighted by Crippen LogP contribution is 2.23. The molecule has 1 aliphatic rings. The number of cyclic esters (lactones) is 1. The van der Waals surface area contributed by atoms with Crippen molar-refractivity contribution in [2.45, 2.75) is 19.9 Å². The average molecular weight is 286 g/mol. The molecule has 0 spiro atoms. The second-order valence-corrected chi connectivity index (χ2v) is 4.89. The van der Waals surface area contributed by atoms with E-state index in [-0.39, 0.29) is 6.09 Å². The Hall–Kier alpha value is -2.43. The van der Waals surface area contributed by atoms with Gasteiger partial charge in [-0.1, -0.05) is 13.0 Å². The zero-order chi connectivity index (χ0) is 14.7. The van der Waals surface area contributed by atoms with Gasteiger partial charge in [-0.2, -0.15) is 0 Å². The van der Waals surface area contributed by atoms with Crippen LogP contribution in [0, 0.1) is 0 Å². The minimum atomic E-state index is -0.286. The number of furan rings is 1. The largest absolute Gasteiger partial charge is 0.464 e. The van der Waals surface area contributed by atoms with Crippen LogP contribution in [-0.2, 0) is 17.7 Å². The SMILES string of the molecule is CCc1ccc(CNc2cccc(N3CCOC3=O)c2)o1. The number of benzene rings is 1. The fourth-order valence-electron chi connectivity index (χ4n) is 2.31. The number of hydrogen-bond acceptors (Lipinski definition) is 4. The Kier molecular flexibility index (Phi) is 3.81. The van der Waals surface area contributed by atoms with Crippen molar-refractivity contribution in [1.29, 1.82) is 0 Å². The van der Waals surface area contributed by atoms with Crippen molar-refractivity contribution in [3.63, 3.8) is 0 Å². The summed E-state index contributed by atoms with van der Waals surface area (Å²) in [4.78, 5) is 13.2. The van der Waals surface area contributed by atoms with Gasteiger partial charge < -0.3 is 14.5 Å². The molecule has 1 fully saturated rings. The molecule has 2 aromatic rings. The average Bonchev–Trinajstić information content (AvgIpc) is 3.14. The molecule has 1 aliphatic heterocycles. The molecule has 5 nitrogen and oxygen atoms in total. The summed E-state index contributed by atoms with van der Waals surface area (Å²) in [5.74, 6) is 1.89. The van der Waals surface area contributed by atoms with E-state index < -0.39 is 0 Å². The van der Waals surface area contributed by atoms with E-state index in [4.69, 9.17) is 9.15 Å². The minimum Gasteiger partial charge on any atom is -0.464 e. The summed E-state index contributed by atoms with van der Waals surface area (Å²) in [7, 11) is 0. The molecule has 1 N–H and O–H groups in total. The molecule has 0 unspecified atom stereocenters. The summed E-state index contributed by atoms with van der Waals surface area (Å²) >= 11 is 0. The summed E-state index contributed by atoms with van der Waals surface area (Å²) in [6, 6.07) is 11.7. The van der Waals surface area contributed by atoms with Crippen molar-refractivity contribution in [3.05, 3.63) is 47.9 Å². The molecule has 0 atom stereocenters. The zero-order valence-electron chi connectivity index (χ0n) is 12.0. The monoisotopic (exact) mass is 286 g/mol. The Labute approximate surface area is 123 Å². The molecule has 1 aromatic carbocycles. The maximum atomic E-state index is 11.6. The number of carbonyl (C=O) groups excluding carboxylic acids is 1. The Bertz CT molecular complexity index is 636. The number of amides is 1. The standard InChI is InChI=1S/C16H18N2O3/c1-2-14-6-7-15(21-14)11-17-12-4-3-5-13(10-12)18-8-9-20-16(18)19/h3-7,10,17H,2,8-9,11H2,1H3. The molecule has 3 rings (SSSR count). The summed E-state index contributed by atoms with van der Waals surface area (Å²) in [5.41, 5.74) is 1.79. The van der Waals surface area contributed by atoms with Gasteiger partial charge in [0.25, 0.3) is 0 Å². The lowest BCUT2D eigenvalue weighted by molar-refractivity contribution is 0.181. The smallest absolute Gasteiger partial charge is 0.414 e. The number of ether oxygens (including phenoxy) is 1. The Morgan fingerprint density at radius 1 is 1.24 bits per heavy atom. The second-order valence-electron chi connectivity index (χ2n) is 4.89. The Balaban J connectivity index is 1.67. The van der Waals surface area contributed by atoms with E-state index in [1.807, 2.05) is 36.4 Å². The normalized spacial score (nSPS) is 14.3. The van der Waals surface area contributed by atoms with Crippen molar-refractivity contribution < 1.29 is 13.9 Å². The predicted molar refractivity (Wildman–Crippen MR) is 80.5 cm³/mol. The first-order valence-electron chi connectivity index (χ1n) is 7.12. The van der Waals surface area contributed by atoms with Crippen LogP contribution in [-0.4, -0.2) is 19.2 Å². The van der Waals surface area contributed by atoms with E-state index in [9.17, 15) is 4.79 Å². The molecule has 0 saturated carbocycles. The first-order chi connectivity index (χ1) is 10.3. The van der Waals surface area contributed by atoms with Gasteiger partial charge in [-0.25, -0.2) is 4.79 Å². The van der Waals surface area contributed by atoms with Crippen LogP contribution in [0.25, 0.3) is 0 Å². The molecule has 0 aliphatic carbocycles. The van der Waals surface area contributed by atoms with Gasteiger partial charge in [0, 0.05) is 17.8 Å². The van der Waals surface area contributed by atoms with E-state index >= 15 is 0 Å². The Morgan fingerprint density at radius 2 is 2.10 bits per heavy atom. The van der Waals surface area contributed by atoms with Gasteiger partial charge in [0.2, 0.25) is 0 Å². The summed E-state index contributed by atoms with van der Waals surface area (Å²) in [6.07, 6.45) is 0.609. The highest BCUT2D eigenvalue weighted by Gasteiger charge is 2.23. The van der Waals surface area contributed by atoms with Crippen molar-refractivity contribution in [3.8, 4) is 0 Å². The van der Waals surface area contributed by atoms with Crippen LogP contribution in [0.15, 0.2) is 40.8 Å². The first-order valence-corrected chi connectivity index (χ1v) is 7.12. The molecule has 0 bridgehead atoms. The highest BCUT2D eigenvalue weighted by molar-refractivity contribution is 5.89. The van der Waals surface area contributed by atoms with Crippen LogP contribution in [0.4, 0.5) is 16.2 Å². The number of nitrogens with zero attached hydrogens (tertiary/aromatic N) is 1. The third-order valence-electron chi connectivity index (χ3n) is 3.45. The van der Waals surface area contributed by atoms with Gasteiger partial charge in [0.1, 0.15) is 18.1 Å². The molecule has 5 heteroatoms. The van der Waals surface area contributed by atoms with E-state index in [0.29, 0.717) is 19.7 Å². The fourth-order valence-corrected chi connectivity index (χ4v) is 2.31. The quantitative estimate of drug-likeness (QED) is 0.915. The second kappa shape index (κ2) is 5.91. The molecule has 21 heavy (non-hydrogen) atoms. The summed E-state index contributed by atoms with van der Waals surface area (Å²) in [6.45, 7) is 3.73. The van der Waals surface area contributed by atoms with Crippen LogP contribution in [0.5, 0.6) is 0 Å². The molecular weight excluding hydrogens is 268 g/mol. The molecule has 1 aromatic heterocycles. The third kappa shape index (κ3) is 3.02. The van der Waals surface area contributed by atoms with Crippen LogP contribution in [0.3, 0.4) is 0 Å². The van der Waals surface area contributed by atoms with E-state index in [1.165, 1.54) is 0 Å². The number of rotatable bonds is 5. The number of hydrogen-bond donors (Lipinski definition) is 1. The molecule has 110 valence electrons. The summed E-state index contributed by atoms with van der Waals surface area (Å²) in [5, 5.41) is 3.30. The first kappa shape index (κ1) is 13.5. The van der Waals surface area contributed by atoms with E-state index in [0.717, 1.165) is 29.3 Å². The van der Waals surface area contributed by atoms with E-state index in [2.05, 4.69) is 12.2 Å². The molecular formula is C16H18N2O3. The predicted octanol–water partition coefficient (Wildman–Crippen LogP) is 3.41. The van der Waals surface area contributed by atoms with Crippen LogP contribution < -0.4 is 10.2 Å². The number of aryl methyl sites for hydroxylation is 1. The van der Waals surface area contributed by atoms with Gasteiger partial charge in [0.15, 0.2) is 0 Å². The van der Waals surface area contributed by atoms with Crippen LogP contribution >= 0.6 is 0 Å². The van der Waals surface area contributed by atoms with Gasteiger partial charge in [-0.05, 0) is 30.3 Å². The fraction of sp³-hybridized carbons (Fsp3) is 0.312. The number of anilines is 2. The van der Waals surface area contributed by atoms with Crippen LogP contribution in [0.2, 0.25) is 0 Å².